The second-order valence-corrected chi connectivity index (χ2v) is 10.2. The molecule has 2 aromatic carbocycles. The molecule has 176 valence electrons. The van der Waals surface area contributed by atoms with Crippen LogP contribution in [-0.4, -0.2) is 67.5 Å². The van der Waals surface area contributed by atoms with Crippen molar-refractivity contribution in [3.8, 4) is 0 Å². The fourth-order valence-electron chi connectivity index (χ4n) is 3.62. The number of aryl methyl sites for hydroxylation is 1. The predicted octanol–water partition coefficient (Wildman–Crippen LogP) is 2.26. The van der Waals surface area contributed by atoms with E-state index in [4.69, 9.17) is 11.6 Å². The fourth-order valence-corrected chi connectivity index (χ4v) is 5.21. The van der Waals surface area contributed by atoms with E-state index in [9.17, 15) is 22.8 Å². The molecule has 10 heteroatoms. The number of benzene rings is 2. The van der Waals surface area contributed by atoms with E-state index in [1.807, 2.05) is 0 Å². The highest BCUT2D eigenvalue weighted by atomic mass is 35.5. The molecule has 1 heterocycles. The summed E-state index contributed by atoms with van der Waals surface area (Å²) >= 11 is 5.89. The fraction of sp³-hybridized carbons (Fsp3) is 0.348. The molecule has 0 saturated carbocycles. The van der Waals surface area contributed by atoms with Gasteiger partial charge in [-0.05, 0) is 42.8 Å². The van der Waals surface area contributed by atoms with E-state index in [-0.39, 0.29) is 29.5 Å². The zero-order valence-corrected chi connectivity index (χ0v) is 20.0. The van der Waals surface area contributed by atoms with E-state index in [2.05, 4.69) is 5.32 Å². The van der Waals surface area contributed by atoms with Gasteiger partial charge in [-0.25, -0.2) is 8.42 Å². The van der Waals surface area contributed by atoms with E-state index >= 15 is 0 Å². The average molecular weight is 492 g/mol. The second-order valence-electron chi connectivity index (χ2n) is 7.73. The number of carbonyl (C=O) groups excluding carboxylic acids is 3. The van der Waals surface area contributed by atoms with Gasteiger partial charge in [-0.2, -0.15) is 0 Å². The number of piperazine rings is 1. The number of hydrogen-bond donors (Lipinski definition) is 1. The zero-order valence-electron chi connectivity index (χ0n) is 18.5. The minimum Gasteiger partial charge on any atom is -0.339 e. The molecule has 0 aromatic heterocycles. The van der Waals surface area contributed by atoms with Gasteiger partial charge >= 0.3 is 0 Å². The Labute approximate surface area is 198 Å². The lowest BCUT2D eigenvalue weighted by Gasteiger charge is -2.36. The number of hydrogen-bond acceptors (Lipinski definition) is 5. The summed E-state index contributed by atoms with van der Waals surface area (Å²) in [6.45, 7) is 4.45. The normalized spacial score (nSPS) is 15.1. The average Bonchev–Trinajstić information content (AvgIpc) is 2.82. The molecule has 3 amide bonds. The molecule has 33 heavy (non-hydrogen) atoms. The zero-order chi connectivity index (χ0) is 24.2. The Bertz CT molecular complexity index is 1140. The summed E-state index contributed by atoms with van der Waals surface area (Å²) in [6, 6.07) is 12.1. The first-order valence-electron chi connectivity index (χ1n) is 10.6. The molecule has 1 saturated heterocycles. The van der Waals surface area contributed by atoms with Crippen LogP contribution in [0.2, 0.25) is 5.02 Å². The van der Waals surface area contributed by atoms with Gasteiger partial charge in [-0.3, -0.25) is 14.4 Å². The van der Waals surface area contributed by atoms with Crippen molar-refractivity contribution < 1.29 is 22.8 Å². The third-order valence-electron chi connectivity index (χ3n) is 5.58. The number of carbonyl (C=O) groups is 3. The Morgan fingerprint density at radius 1 is 0.970 bits per heavy atom. The predicted molar refractivity (Wildman–Crippen MR) is 125 cm³/mol. The number of amides is 3. The Morgan fingerprint density at radius 2 is 1.55 bits per heavy atom. The Hall–Kier alpha value is -2.91. The quantitative estimate of drug-likeness (QED) is 0.667. The first kappa shape index (κ1) is 24.7. The second kappa shape index (κ2) is 10.4. The van der Waals surface area contributed by atoms with Crippen molar-refractivity contribution in [1.29, 1.82) is 0 Å². The van der Waals surface area contributed by atoms with Crippen molar-refractivity contribution in [2.75, 3.05) is 26.2 Å². The van der Waals surface area contributed by atoms with Gasteiger partial charge in [0.15, 0.2) is 0 Å². The van der Waals surface area contributed by atoms with Gasteiger partial charge in [0, 0.05) is 43.2 Å². The van der Waals surface area contributed by atoms with E-state index in [0.29, 0.717) is 30.1 Å². The van der Waals surface area contributed by atoms with Crippen LogP contribution in [-0.2, 0) is 19.4 Å². The van der Waals surface area contributed by atoms with E-state index in [1.165, 1.54) is 29.2 Å². The minimum absolute atomic E-state index is 0.0275. The van der Waals surface area contributed by atoms with E-state index < -0.39 is 27.0 Å². The Balaban J connectivity index is 1.91. The Kier molecular flexibility index (Phi) is 7.76. The van der Waals surface area contributed by atoms with E-state index in [0.717, 1.165) is 0 Å². The van der Waals surface area contributed by atoms with Crippen LogP contribution in [0.15, 0.2) is 53.4 Å². The topological polar surface area (TPSA) is 104 Å². The summed E-state index contributed by atoms with van der Waals surface area (Å²) in [4.78, 5) is 41.2. The molecule has 0 bridgehead atoms. The van der Waals surface area contributed by atoms with Gasteiger partial charge in [0.25, 0.3) is 11.8 Å². The van der Waals surface area contributed by atoms with Gasteiger partial charge in [-0.1, -0.05) is 36.7 Å². The van der Waals surface area contributed by atoms with Crippen LogP contribution in [0.3, 0.4) is 0 Å². The monoisotopic (exact) mass is 491 g/mol. The lowest BCUT2D eigenvalue weighted by Crippen LogP contribution is -2.57. The third kappa shape index (κ3) is 5.54. The van der Waals surface area contributed by atoms with Crippen LogP contribution in [0.1, 0.15) is 29.3 Å². The molecule has 2 aromatic rings. The first-order valence-corrected chi connectivity index (χ1v) is 12.5. The molecule has 1 unspecified atom stereocenters. The molecule has 8 nitrogen and oxygen atoms in total. The molecule has 1 aliphatic rings. The summed E-state index contributed by atoms with van der Waals surface area (Å²) in [5, 5.41) is 0.963. The molecule has 1 fully saturated rings. The van der Waals surface area contributed by atoms with Crippen LogP contribution in [0.5, 0.6) is 0 Å². The van der Waals surface area contributed by atoms with Crippen LogP contribution >= 0.6 is 11.6 Å². The highest BCUT2D eigenvalue weighted by Gasteiger charge is 2.39. The smallest absolute Gasteiger partial charge is 0.261 e. The number of nitrogens with zero attached hydrogens (tertiary/aromatic N) is 2. The summed E-state index contributed by atoms with van der Waals surface area (Å²) in [5.41, 5.74) is 0.928. The summed E-state index contributed by atoms with van der Waals surface area (Å²) in [7, 11) is -4.28. The third-order valence-corrected chi connectivity index (χ3v) is 7.70. The van der Waals surface area contributed by atoms with Crippen LogP contribution in [0.4, 0.5) is 0 Å². The highest BCUT2D eigenvalue weighted by molar-refractivity contribution is 7.92. The van der Waals surface area contributed by atoms with Crippen molar-refractivity contribution in [2.45, 2.75) is 30.5 Å². The molecule has 0 aliphatic carbocycles. The van der Waals surface area contributed by atoms with Crippen molar-refractivity contribution in [3.63, 3.8) is 0 Å². The van der Waals surface area contributed by atoms with Gasteiger partial charge < -0.3 is 15.1 Å². The lowest BCUT2D eigenvalue weighted by atomic mass is 10.1. The number of halogens is 1. The molecule has 0 spiro atoms. The van der Waals surface area contributed by atoms with Crippen LogP contribution in [0.25, 0.3) is 0 Å². The molecule has 3 rings (SSSR count). The maximum absolute atomic E-state index is 13.4. The van der Waals surface area contributed by atoms with Crippen molar-refractivity contribution in [2.24, 2.45) is 0 Å². The standard InChI is InChI=1S/C23H26ClN3O5S/c1-3-20(28)26-12-14-27(15-13-26)23(30)22(25-21(29)19-7-5-4-6-16(19)2)33(31,32)18-10-8-17(24)9-11-18/h4-11,22H,3,12-15H2,1-2H3,(H,25,29). The molecule has 1 aliphatic heterocycles. The largest absolute Gasteiger partial charge is 0.339 e. The summed E-state index contributed by atoms with van der Waals surface area (Å²) in [6.07, 6.45) is 0.355. The van der Waals surface area contributed by atoms with E-state index in [1.54, 1.807) is 43.0 Å². The van der Waals surface area contributed by atoms with Crippen molar-refractivity contribution in [3.05, 3.63) is 64.7 Å². The summed E-state index contributed by atoms with van der Waals surface area (Å²) in [5.74, 6) is -1.43. The van der Waals surface area contributed by atoms with Gasteiger partial charge in [0.1, 0.15) is 0 Å². The SMILES string of the molecule is CCC(=O)N1CCN(C(=O)C(NC(=O)c2ccccc2C)S(=O)(=O)c2ccc(Cl)cc2)CC1. The Morgan fingerprint density at radius 3 is 2.12 bits per heavy atom. The lowest BCUT2D eigenvalue weighted by molar-refractivity contribution is -0.139. The maximum atomic E-state index is 13.4. The highest BCUT2D eigenvalue weighted by Crippen LogP contribution is 2.21. The summed E-state index contributed by atoms with van der Waals surface area (Å²) < 4.78 is 26.9. The van der Waals surface area contributed by atoms with Gasteiger partial charge in [0.2, 0.25) is 21.1 Å². The number of rotatable bonds is 6. The van der Waals surface area contributed by atoms with Crippen LogP contribution < -0.4 is 5.32 Å². The molecule has 1 N–H and O–H groups in total. The molecular weight excluding hydrogens is 466 g/mol. The van der Waals surface area contributed by atoms with Crippen LogP contribution in [0, 0.1) is 6.92 Å². The first-order chi connectivity index (χ1) is 15.6. The number of sulfone groups is 1. The van der Waals surface area contributed by atoms with Crippen molar-refractivity contribution in [1.82, 2.24) is 15.1 Å². The molecule has 1 atom stereocenters. The van der Waals surface area contributed by atoms with Crippen molar-refractivity contribution >= 4 is 39.2 Å². The van der Waals surface area contributed by atoms with Gasteiger partial charge in [-0.15, -0.1) is 0 Å². The maximum Gasteiger partial charge on any atom is 0.261 e. The number of nitrogens with one attached hydrogen (secondary N) is 1. The molecular formula is C23H26ClN3O5S. The minimum atomic E-state index is -4.28. The van der Waals surface area contributed by atoms with Gasteiger partial charge in [0.05, 0.1) is 4.90 Å². The molecule has 0 radical (unpaired) electrons.